The van der Waals surface area contributed by atoms with Gasteiger partial charge < -0.3 is 14.6 Å². The number of carbonyl (C=O) groups is 3. The number of esters is 1. The van der Waals surface area contributed by atoms with Crippen molar-refractivity contribution in [1.82, 2.24) is 0 Å². The molecule has 184 valence electrons. The van der Waals surface area contributed by atoms with Gasteiger partial charge in [-0.2, -0.15) is 0 Å². The van der Waals surface area contributed by atoms with Crippen molar-refractivity contribution in [2.75, 3.05) is 18.6 Å². The number of ether oxygens (including phenoxy) is 2. The van der Waals surface area contributed by atoms with Gasteiger partial charge in [0.1, 0.15) is 17.3 Å². The van der Waals surface area contributed by atoms with E-state index in [0.717, 1.165) is 17.7 Å². The Morgan fingerprint density at radius 3 is 2.39 bits per heavy atom. The molecule has 0 aliphatic carbocycles. The molecule has 0 radical (unpaired) electrons. The average molecular weight is 489 g/mol. The van der Waals surface area contributed by atoms with Crippen LogP contribution in [-0.4, -0.2) is 36.5 Å². The van der Waals surface area contributed by atoms with E-state index in [2.05, 4.69) is 0 Å². The molecule has 1 heterocycles. The summed E-state index contributed by atoms with van der Waals surface area (Å²) in [5.41, 5.74) is 1.75. The minimum Gasteiger partial charge on any atom is -0.507 e. The summed E-state index contributed by atoms with van der Waals surface area (Å²) in [5.74, 6) is -3.37. The second-order valence-corrected chi connectivity index (χ2v) is 8.14. The normalized spacial score (nSPS) is 16.8. The van der Waals surface area contributed by atoms with Crippen LogP contribution in [0.15, 0.2) is 72.3 Å². The van der Waals surface area contributed by atoms with Gasteiger partial charge in [0.25, 0.3) is 11.7 Å². The third kappa shape index (κ3) is 4.33. The zero-order chi connectivity index (χ0) is 26.0. The van der Waals surface area contributed by atoms with Crippen molar-refractivity contribution in [2.24, 2.45) is 0 Å². The topological polar surface area (TPSA) is 93.1 Å². The molecule has 0 spiro atoms. The van der Waals surface area contributed by atoms with Gasteiger partial charge in [-0.3, -0.25) is 14.5 Å². The van der Waals surface area contributed by atoms with Crippen LogP contribution < -0.4 is 9.64 Å². The highest BCUT2D eigenvalue weighted by molar-refractivity contribution is 6.51. The van der Waals surface area contributed by atoms with Gasteiger partial charge in [-0.15, -0.1) is 0 Å². The van der Waals surface area contributed by atoms with E-state index in [1.807, 2.05) is 19.1 Å². The number of rotatable bonds is 6. The minimum absolute atomic E-state index is 0.0493. The molecule has 3 aromatic rings. The van der Waals surface area contributed by atoms with Crippen LogP contribution in [0.25, 0.3) is 5.76 Å². The molecule has 36 heavy (non-hydrogen) atoms. The number of aryl methyl sites for hydroxylation is 1. The number of methoxy groups -OCH3 is 1. The van der Waals surface area contributed by atoms with Crippen molar-refractivity contribution in [1.29, 1.82) is 0 Å². The fourth-order valence-corrected chi connectivity index (χ4v) is 4.27. The van der Waals surface area contributed by atoms with E-state index >= 15 is 0 Å². The van der Waals surface area contributed by atoms with Gasteiger partial charge in [0, 0.05) is 5.69 Å². The van der Waals surface area contributed by atoms with E-state index < -0.39 is 35.3 Å². The minimum atomic E-state index is -1.01. The lowest BCUT2D eigenvalue weighted by molar-refractivity contribution is -0.132. The summed E-state index contributed by atoms with van der Waals surface area (Å²) in [6.07, 6.45) is 0. The Kier molecular flexibility index (Phi) is 6.87. The maximum Gasteiger partial charge on any atom is 0.338 e. The third-order valence-corrected chi connectivity index (χ3v) is 6.00. The summed E-state index contributed by atoms with van der Waals surface area (Å²) >= 11 is 0. The summed E-state index contributed by atoms with van der Waals surface area (Å²) in [4.78, 5) is 40.0. The first kappa shape index (κ1) is 24.7. The van der Waals surface area contributed by atoms with Crippen LogP contribution in [0.1, 0.15) is 40.0 Å². The van der Waals surface area contributed by atoms with Crippen molar-refractivity contribution in [2.45, 2.75) is 19.9 Å². The number of aliphatic hydroxyl groups excluding tert-OH is 1. The molecule has 4 rings (SSSR count). The summed E-state index contributed by atoms with van der Waals surface area (Å²) < 4.78 is 24.4. The van der Waals surface area contributed by atoms with Gasteiger partial charge >= 0.3 is 5.97 Å². The van der Waals surface area contributed by atoms with E-state index in [1.54, 1.807) is 19.1 Å². The number of hydrogen-bond donors (Lipinski definition) is 1. The largest absolute Gasteiger partial charge is 0.507 e. The van der Waals surface area contributed by atoms with Gasteiger partial charge in [-0.1, -0.05) is 24.3 Å². The van der Waals surface area contributed by atoms with Crippen LogP contribution >= 0.6 is 0 Å². The molecule has 1 aliphatic heterocycles. The molecule has 8 heteroatoms. The number of benzene rings is 3. The third-order valence-electron chi connectivity index (χ3n) is 6.00. The summed E-state index contributed by atoms with van der Waals surface area (Å²) in [6, 6.07) is 15.7. The van der Waals surface area contributed by atoms with E-state index in [-0.39, 0.29) is 29.1 Å². The Labute approximate surface area is 207 Å². The van der Waals surface area contributed by atoms with E-state index in [9.17, 15) is 23.9 Å². The zero-order valence-corrected chi connectivity index (χ0v) is 19.9. The maximum absolute atomic E-state index is 14.1. The summed E-state index contributed by atoms with van der Waals surface area (Å²) in [5, 5.41) is 11.3. The van der Waals surface area contributed by atoms with Crippen molar-refractivity contribution in [3.8, 4) is 5.75 Å². The van der Waals surface area contributed by atoms with Crippen LogP contribution in [0.5, 0.6) is 5.75 Å². The number of amides is 1. The molecule has 1 unspecified atom stereocenters. The first-order valence-electron chi connectivity index (χ1n) is 11.3. The van der Waals surface area contributed by atoms with Crippen LogP contribution in [0.3, 0.4) is 0 Å². The summed E-state index contributed by atoms with van der Waals surface area (Å²) in [7, 11) is 1.35. The van der Waals surface area contributed by atoms with Crippen LogP contribution in [0, 0.1) is 12.7 Å². The number of ketones is 1. The molecule has 0 saturated carbocycles. The molecule has 1 atom stereocenters. The molecule has 1 N–H and O–H groups in total. The number of halogens is 1. The van der Waals surface area contributed by atoms with Gasteiger partial charge in [0.05, 0.1) is 36.5 Å². The van der Waals surface area contributed by atoms with Crippen LogP contribution in [0.4, 0.5) is 10.1 Å². The molecule has 1 saturated heterocycles. The Morgan fingerprint density at radius 1 is 1.06 bits per heavy atom. The number of carbonyl (C=O) groups excluding carboxylic acids is 3. The molecule has 1 aliphatic rings. The Bertz CT molecular complexity index is 1380. The molecule has 0 aromatic heterocycles. The highest BCUT2D eigenvalue weighted by atomic mass is 19.1. The van der Waals surface area contributed by atoms with E-state index in [0.29, 0.717) is 11.3 Å². The lowest BCUT2D eigenvalue weighted by Gasteiger charge is -2.27. The second-order valence-electron chi connectivity index (χ2n) is 8.14. The number of Topliss-reactive ketones (excluding diaryl/α,β-unsaturated/α-hetero) is 1. The Balaban J connectivity index is 1.92. The number of nitrogens with zero attached hydrogens (tertiary/aromatic N) is 1. The second kappa shape index (κ2) is 10.0. The molecule has 1 fully saturated rings. The average Bonchev–Trinajstić information content (AvgIpc) is 3.14. The smallest absolute Gasteiger partial charge is 0.338 e. The van der Waals surface area contributed by atoms with Crippen LogP contribution in [-0.2, 0) is 14.3 Å². The molecule has 7 nitrogen and oxygen atoms in total. The highest BCUT2D eigenvalue weighted by Crippen LogP contribution is 2.44. The first-order valence-corrected chi connectivity index (χ1v) is 11.3. The summed E-state index contributed by atoms with van der Waals surface area (Å²) in [6.45, 7) is 3.73. The number of aliphatic hydroxyl groups is 1. The first-order chi connectivity index (χ1) is 17.3. The van der Waals surface area contributed by atoms with Gasteiger partial charge in [-0.05, 0) is 67.4 Å². The number of anilines is 1. The number of hydrogen-bond acceptors (Lipinski definition) is 6. The molecule has 0 bridgehead atoms. The SMILES string of the molecule is CCOC(=O)c1ccc(N2C(=O)C(=O)/C(=C(/O)c3cc(F)ccc3OC)C2c2ccccc2C)cc1. The monoisotopic (exact) mass is 489 g/mol. The van der Waals surface area contributed by atoms with Gasteiger partial charge in [0.2, 0.25) is 0 Å². The predicted molar refractivity (Wildman–Crippen MR) is 131 cm³/mol. The van der Waals surface area contributed by atoms with Crippen molar-refractivity contribution >= 4 is 29.1 Å². The maximum atomic E-state index is 14.1. The van der Waals surface area contributed by atoms with E-state index in [4.69, 9.17) is 9.47 Å². The standard InChI is InChI=1S/C28H24FNO6/c1-4-36-28(34)17-9-12-19(13-10-17)30-24(20-8-6-5-7-16(20)2)23(26(32)27(30)33)25(31)21-15-18(29)11-14-22(21)35-3/h5-15,24,31H,4H2,1-3H3/b25-23+. The fraction of sp³-hybridized carbons (Fsp3) is 0.179. The zero-order valence-electron chi connectivity index (χ0n) is 19.9. The van der Waals surface area contributed by atoms with Gasteiger partial charge in [0.15, 0.2) is 0 Å². The lowest BCUT2D eigenvalue weighted by Crippen LogP contribution is -2.29. The molecule has 3 aromatic carbocycles. The van der Waals surface area contributed by atoms with Gasteiger partial charge in [-0.25, -0.2) is 9.18 Å². The quantitative estimate of drug-likeness (QED) is 0.228. The molecule has 1 amide bonds. The molecular formula is C28H24FNO6. The highest BCUT2D eigenvalue weighted by Gasteiger charge is 2.47. The Morgan fingerprint density at radius 2 is 1.75 bits per heavy atom. The van der Waals surface area contributed by atoms with Crippen molar-refractivity contribution < 1.29 is 33.4 Å². The fourth-order valence-electron chi connectivity index (χ4n) is 4.27. The van der Waals surface area contributed by atoms with Crippen LogP contribution in [0.2, 0.25) is 0 Å². The van der Waals surface area contributed by atoms with Crippen molar-refractivity contribution in [3.63, 3.8) is 0 Å². The Hall–Kier alpha value is -4.46. The van der Waals surface area contributed by atoms with Crippen molar-refractivity contribution in [3.05, 3.63) is 100 Å². The lowest BCUT2D eigenvalue weighted by atomic mass is 9.92. The van der Waals surface area contributed by atoms with E-state index in [1.165, 1.54) is 42.3 Å². The predicted octanol–water partition coefficient (Wildman–Crippen LogP) is 4.95. The molecular weight excluding hydrogens is 465 g/mol.